The standard InChI is InChI=1S/2C6H7.2ClH.H3Si.Ti/c2*1-6-4-2-3-5-6;;;;/h2*2,4H,3H2,1H3;2*1H;1H3;. The van der Waals surface area contributed by atoms with E-state index < -0.39 is 17.1 Å². The van der Waals surface area contributed by atoms with Crippen LogP contribution in [-0.4, -0.2) is 8.11 Å². The van der Waals surface area contributed by atoms with Crippen molar-refractivity contribution in [2.45, 2.75) is 26.7 Å². The zero-order chi connectivity index (χ0) is 10.1. The molecule has 0 nitrogen and oxygen atoms in total. The molecule has 16 heavy (non-hydrogen) atoms. The predicted molar refractivity (Wildman–Crippen MR) is 77.3 cm³/mol. The molecule has 0 saturated heterocycles. The van der Waals surface area contributed by atoms with Crippen LogP contribution in [0.5, 0.6) is 0 Å². The summed E-state index contributed by atoms with van der Waals surface area (Å²) in [7, 11) is 1.42. The van der Waals surface area contributed by atoms with E-state index in [1.165, 1.54) is 21.0 Å². The van der Waals surface area contributed by atoms with Gasteiger partial charge in [-0.3, -0.25) is 0 Å². The smallest absolute Gasteiger partial charge is 0.147 e. The van der Waals surface area contributed by atoms with Gasteiger partial charge in [0.15, 0.2) is 0 Å². The van der Waals surface area contributed by atoms with Gasteiger partial charge in [-0.1, -0.05) is 0 Å². The number of halogens is 2. The molecule has 2 aliphatic rings. The van der Waals surface area contributed by atoms with Crippen LogP contribution >= 0.6 is 24.8 Å². The molecular formula is C12H19Cl2SiTi. The Morgan fingerprint density at radius 2 is 1.31 bits per heavy atom. The molecule has 0 aromatic carbocycles. The maximum absolute atomic E-state index is 2.34. The molecule has 89 valence electrons. The van der Waals surface area contributed by atoms with E-state index >= 15 is 0 Å². The second-order valence-corrected chi connectivity index (χ2v) is 12.1. The van der Waals surface area contributed by atoms with Crippen molar-refractivity contribution >= 4 is 32.9 Å². The van der Waals surface area contributed by atoms with Crippen molar-refractivity contribution in [3.8, 4) is 0 Å². The predicted octanol–water partition coefficient (Wildman–Crippen LogP) is 3.20. The maximum Gasteiger partial charge on any atom is -0.147 e. The van der Waals surface area contributed by atoms with Gasteiger partial charge in [-0.15, -0.1) is 24.8 Å². The molecule has 0 aromatic heterocycles. The summed E-state index contributed by atoms with van der Waals surface area (Å²) < 4.78 is 3.68. The molecule has 0 unspecified atom stereocenters. The average molecular weight is 310 g/mol. The third kappa shape index (κ3) is 3.24. The summed E-state index contributed by atoms with van der Waals surface area (Å²) in [6.45, 7) is 4.59. The molecule has 0 radical (unpaired) electrons. The van der Waals surface area contributed by atoms with Gasteiger partial charge >= 0.3 is 95.1 Å². The minimum atomic E-state index is -0.935. The van der Waals surface area contributed by atoms with Crippen LogP contribution in [-0.2, 0) is 17.1 Å². The Kier molecular flexibility index (Phi) is 7.23. The Labute approximate surface area is 119 Å². The van der Waals surface area contributed by atoms with E-state index in [0.29, 0.717) is 0 Å². The van der Waals surface area contributed by atoms with Gasteiger partial charge in [0, 0.05) is 0 Å². The largest absolute Gasteiger partial charge is 0.147 e. The minimum absolute atomic E-state index is 0. The maximum atomic E-state index is 2.34. The minimum Gasteiger partial charge on any atom is -0.147 e. The van der Waals surface area contributed by atoms with E-state index in [0.717, 1.165) is 0 Å². The molecule has 2 aliphatic carbocycles. The number of rotatable bonds is 2. The number of allylic oxidation sites excluding steroid dienone is 8. The van der Waals surface area contributed by atoms with Gasteiger partial charge < -0.3 is 0 Å². The molecule has 0 heterocycles. The Hall–Kier alpha value is 0.471. The van der Waals surface area contributed by atoms with E-state index in [1.807, 2.05) is 7.76 Å². The van der Waals surface area contributed by atoms with E-state index in [9.17, 15) is 0 Å². The first kappa shape index (κ1) is 16.5. The van der Waals surface area contributed by atoms with Crippen molar-refractivity contribution in [3.63, 3.8) is 0 Å². The van der Waals surface area contributed by atoms with Crippen molar-refractivity contribution < 1.29 is 17.1 Å². The second kappa shape index (κ2) is 7.03. The molecule has 0 aliphatic heterocycles. The van der Waals surface area contributed by atoms with Crippen molar-refractivity contribution in [2.24, 2.45) is 0 Å². The molecule has 0 N–H and O–H groups in total. The second-order valence-electron chi connectivity index (χ2n) is 4.16. The monoisotopic (exact) mass is 309 g/mol. The van der Waals surface area contributed by atoms with E-state index in [4.69, 9.17) is 0 Å². The van der Waals surface area contributed by atoms with Crippen LogP contribution in [0.3, 0.4) is 0 Å². The van der Waals surface area contributed by atoms with E-state index in [2.05, 4.69) is 38.2 Å². The Morgan fingerprint density at radius 1 is 0.938 bits per heavy atom. The number of hydrogen-bond donors (Lipinski definition) is 0. The number of hydrogen-bond acceptors (Lipinski definition) is 0. The zero-order valence-corrected chi connectivity index (χ0v) is 15.2. The average Bonchev–Trinajstić information content (AvgIpc) is 2.73. The molecule has 0 saturated carbocycles. The van der Waals surface area contributed by atoms with Gasteiger partial charge in [-0.25, -0.2) is 0 Å². The fourth-order valence-corrected chi connectivity index (χ4v) is 11.2. The normalized spacial score (nSPS) is 17.9. The molecule has 0 bridgehead atoms. The van der Waals surface area contributed by atoms with Crippen LogP contribution in [0, 0.1) is 0 Å². The van der Waals surface area contributed by atoms with Crippen LogP contribution < -0.4 is 0 Å². The quantitative estimate of drug-likeness (QED) is 0.687. The Morgan fingerprint density at radius 3 is 1.56 bits per heavy atom. The van der Waals surface area contributed by atoms with Crippen LogP contribution in [0.4, 0.5) is 0 Å². The Balaban J connectivity index is 0.00000112. The summed E-state index contributed by atoms with van der Waals surface area (Å²) in [5.41, 5.74) is 3.17. The first-order valence-corrected chi connectivity index (χ1v) is 12.5. The van der Waals surface area contributed by atoms with E-state index in [1.54, 1.807) is 11.1 Å². The van der Waals surface area contributed by atoms with Gasteiger partial charge in [0.25, 0.3) is 0 Å². The van der Waals surface area contributed by atoms with Crippen LogP contribution in [0.15, 0.2) is 43.2 Å². The summed E-state index contributed by atoms with van der Waals surface area (Å²) in [4.78, 5) is 0. The third-order valence-corrected chi connectivity index (χ3v) is 12.9. The topological polar surface area (TPSA) is 0 Å². The van der Waals surface area contributed by atoms with Gasteiger partial charge in [-0.05, 0) is 0 Å². The van der Waals surface area contributed by atoms with Crippen molar-refractivity contribution in [3.05, 3.63) is 43.2 Å². The fraction of sp³-hybridized carbons (Fsp3) is 0.333. The zero-order valence-electron chi connectivity index (χ0n) is 10.0. The first-order chi connectivity index (χ1) is 6.70. The molecular weight excluding hydrogens is 291 g/mol. The molecule has 0 amide bonds. The fourth-order valence-electron chi connectivity index (χ4n) is 2.31. The van der Waals surface area contributed by atoms with Crippen molar-refractivity contribution in [2.75, 3.05) is 0 Å². The summed E-state index contributed by atoms with van der Waals surface area (Å²) in [5, 5.41) is 0. The van der Waals surface area contributed by atoms with Crippen molar-refractivity contribution in [1.29, 1.82) is 0 Å². The summed E-state index contributed by atoms with van der Waals surface area (Å²) in [5.74, 6) is 0. The third-order valence-electron chi connectivity index (χ3n) is 3.24. The summed E-state index contributed by atoms with van der Waals surface area (Å²) in [6, 6.07) is 0. The Bertz CT molecular complexity index is 344. The first-order valence-electron chi connectivity index (χ1n) is 5.27. The van der Waals surface area contributed by atoms with E-state index in [-0.39, 0.29) is 24.8 Å². The molecule has 0 atom stereocenters. The van der Waals surface area contributed by atoms with Gasteiger partial charge in [0.2, 0.25) is 0 Å². The molecule has 0 aromatic rings. The van der Waals surface area contributed by atoms with Gasteiger partial charge in [0.05, 0.1) is 0 Å². The molecule has 4 heteroatoms. The molecule has 0 spiro atoms. The van der Waals surface area contributed by atoms with Gasteiger partial charge in [-0.2, -0.15) is 0 Å². The van der Waals surface area contributed by atoms with Crippen LogP contribution in [0.25, 0.3) is 0 Å². The summed E-state index contributed by atoms with van der Waals surface area (Å²) in [6.07, 6.45) is 11.8. The molecule has 0 fully saturated rings. The van der Waals surface area contributed by atoms with Crippen LogP contribution in [0.2, 0.25) is 0 Å². The van der Waals surface area contributed by atoms with Crippen LogP contribution in [0.1, 0.15) is 26.7 Å². The van der Waals surface area contributed by atoms with Crippen molar-refractivity contribution in [1.82, 2.24) is 0 Å². The van der Waals surface area contributed by atoms with Gasteiger partial charge in [0.1, 0.15) is 0 Å². The molecule has 2 rings (SSSR count). The SMILES string of the molecule is CC1=[C]([Ti]([SiH3])[C]2=C(C)C=CC2)CC=C1.Cl.Cl. The summed E-state index contributed by atoms with van der Waals surface area (Å²) >= 11 is -0.935.